The van der Waals surface area contributed by atoms with Crippen LogP contribution in [0.25, 0.3) is 0 Å². The fraction of sp³-hybridized carbons (Fsp3) is 0.188. The number of aliphatic hydroxyl groups excluding tert-OH is 1. The molecule has 0 aliphatic carbocycles. The van der Waals surface area contributed by atoms with Crippen molar-refractivity contribution in [2.75, 3.05) is 6.54 Å². The highest BCUT2D eigenvalue weighted by Crippen LogP contribution is 2.12. The van der Waals surface area contributed by atoms with E-state index in [9.17, 15) is 9.90 Å². The standard InChI is InChI=1S/C16H17NO2/c1-12-7-9-13(10-8-12)15(18)11-17-16(19)14-5-3-2-4-6-14/h2-10,15,18H,11H2,1H3,(H,17,19). The van der Waals surface area contributed by atoms with Crippen LogP contribution in [0, 0.1) is 6.92 Å². The van der Waals surface area contributed by atoms with Crippen LogP contribution in [0.2, 0.25) is 0 Å². The van der Waals surface area contributed by atoms with Gasteiger partial charge in [0.2, 0.25) is 0 Å². The number of carbonyl (C=O) groups is 1. The van der Waals surface area contributed by atoms with Gasteiger partial charge < -0.3 is 10.4 Å². The van der Waals surface area contributed by atoms with Crippen LogP contribution >= 0.6 is 0 Å². The molecule has 0 saturated heterocycles. The predicted molar refractivity (Wildman–Crippen MR) is 74.9 cm³/mol. The summed E-state index contributed by atoms with van der Waals surface area (Å²) in [6, 6.07) is 16.6. The average Bonchev–Trinajstić information content (AvgIpc) is 2.46. The Balaban J connectivity index is 1.92. The Bertz CT molecular complexity index is 534. The maximum absolute atomic E-state index is 11.8. The molecule has 2 aromatic rings. The van der Waals surface area contributed by atoms with Crippen molar-refractivity contribution in [3.63, 3.8) is 0 Å². The normalized spacial score (nSPS) is 11.9. The van der Waals surface area contributed by atoms with Crippen molar-refractivity contribution in [2.45, 2.75) is 13.0 Å². The summed E-state index contributed by atoms with van der Waals surface area (Å²) in [5, 5.41) is 12.7. The lowest BCUT2D eigenvalue weighted by molar-refractivity contribution is 0.0916. The zero-order chi connectivity index (χ0) is 13.7. The van der Waals surface area contributed by atoms with Crippen molar-refractivity contribution in [3.8, 4) is 0 Å². The minimum absolute atomic E-state index is 0.174. The molecule has 98 valence electrons. The first-order valence-electron chi connectivity index (χ1n) is 6.24. The van der Waals surface area contributed by atoms with Gasteiger partial charge in [-0.15, -0.1) is 0 Å². The Kier molecular flexibility index (Phi) is 4.31. The Morgan fingerprint density at radius 3 is 2.37 bits per heavy atom. The second-order valence-corrected chi connectivity index (χ2v) is 4.50. The summed E-state index contributed by atoms with van der Waals surface area (Å²) < 4.78 is 0. The number of nitrogens with one attached hydrogen (secondary N) is 1. The van der Waals surface area contributed by atoms with Crippen LogP contribution in [0.5, 0.6) is 0 Å². The Morgan fingerprint density at radius 2 is 1.74 bits per heavy atom. The lowest BCUT2D eigenvalue weighted by Gasteiger charge is -2.12. The summed E-state index contributed by atoms with van der Waals surface area (Å²) in [7, 11) is 0. The molecule has 0 heterocycles. The van der Waals surface area contributed by atoms with Crippen molar-refractivity contribution in [1.29, 1.82) is 0 Å². The van der Waals surface area contributed by atoms with Gasteiger partial charge in [-0.25, -0.2) is 0 Å². The maximum Gasteiger partial charge on any atom is 0.251 e. The molecule has 1 amide bonds. The summed E-state index contributed by atoms with van der Waals surface area (Å²) in [5.74, 6) is -0.174. The van der Waals surface area contributed by atoms with Gasteiger partial charge in [-0.3, -0.25) is 4.79 Å². The molecule has 1 atom stereocenters. The molecule has 2 rings (SSSR count). The summed E-state index contributed by atoms with van der Waals surface area (Å²) in [6.07, 6.45) is -0.687. The van der Waals surface area contributed by atoms with E-state index in [1.807, 2.05) is 49.4 Å². The maximum atomic E-state index is 11.8. The van der Waals surface area contributed by atoms with Gasteiger partial charge in [0.25, 0.3) is 5.91 Å². The molecular formula is C16H17NO2. The minimum Gasteiger partial charge on any atom is -0.387 e. The number of amides is 1. The fourth-order valence-corrected chi connectivity index (χ4v) is 1.79. The number of rotatable bonds is 4. The quantitative estimate of drug-likeness (QED) is 0.881. The molecule has 3 nitrogen and oxygen atoms in total. The third kappa shape index (κ3) is 3.66. The van der Waals surface area contributed by atoms with Crippen LogP contribution in [0.4, 0.5) is 0 Å². The highest BCUT2D eigenvalue weighted by molar-refractivity contribution is 5.94. The first kappa shape index (κ1) is 13.3. The van der Waals surface area contributed by atoms with E-state index in [0.29, 0.717) is 5.56 Å². The zero-order valence-corrected chi connectivity index (χ0v) is 10.8. The Morgan fingerprint density at radius 1 is 1.11 bits per heavy atom. The molecule has 0 aliphatic heterocycles. The minimum atomic E-state index is -0.687. The van der Waals surface area contributed by atoms with E-state index in [1.54, 1.807) is 12.1 Å². The average molecular weight is 255 g/mol. The smallest absolute Gasteiger partial charge is 0.251 e. The van der Waals surface area contributed by atoms with Crippen molar-refractivity contribution in [3.05, 3.63) is 71.3 Å². The Labute approximate surface area is 112 Å². The molecule has 1 unspecified atom stereocenters. The van der Waals surface area contributed by atoms with Crippen molar-refractivity contribution >= 4 is 5.91 Å². The number of aryl methyl sites for hydroxylation is 1. The molecular weight excluding hydrogens is 238 g/mol. The fourth-order valence-electron chi connectivity index (χ4n) is 1.79. The summed E-state index contributed by atoms with van der Waals surface area (Å²) in [6.45, 7) is 2.20. The second kappa shape index (κ2) is 6.16. The monoisotopic (exact) mass is 255 g/mol. The van der Waals surface area contributed by atoms with Crippen molar-refractivity contribution < 1.29 is 9.90 Å². The number of carbonyl (C=O) groups excluding carboxylic acids is 1. The van der Waals surface area contributed by atoms with E-state index in [1.165, 1.54) is 0 Å². The largest absolute Gasteiger partial charge is 0.387 e. The van der Waals surface area contributed by atoms with Gasteiger partial charge in [-0.05, 0) is 24.6 Å². The first-order valence-corrected chi connectivity index (χ1v) is 6.24. The van der Waals surface area contributed by atoms with E-state index in [-0.39, 0.29) is 12.5 Å². The van der Waals surface area contributed by atoms with E-state index >= 15 is 0 Å². The van der Waals surface area contributed by atoms with E-state index in [0.717, 1.165) is 11.1 Å². The van der Waals surface area contributed by atoms with E-state index < -0.39 is 6.10 Å². The zero-order valence-electron chi connectivity index (χ0n) is 10.8. The van der Waals surface area contributed by atoms with Gasteiger partial charge in [0.1, 0.15) is 0 Å². The van der Waals surface area contributed by atoms with E-state index in [2.05, 4.69) is 5.32 Å². The summed E-state index contributed by atoms with van der Waals surface area (Å²) >= 11 is 0. The molecule has 19 heavy (non-hydrogen) atoms. The van der Waals surface area contributed by atoms with Crippen LogP contribution in [0.15, 0.2) is 54.6 Å². The Hall–Kier alpha value is -2.13. The van der Waals surface area contributed by atoms with Gasteiger partial charge in [0.05, 0.1) is 6.10 Å². The molecule has 2 N–H and O–H groups in total. The molecule has 0 saturated carbocycles. The number of benzene rings is 2. The summed E-state index contributed by atoms with van der Waals surface area (Å²) in [4.78, 5) is 11.8. The molecule has 0 aromatic heterocycles. The lowest BCUT2D eigenvalue weighted by Crippen LogP contribution is -2.28. The predicted octanol–water partition coefficient (Wildman–Crippen LogP) is 2.46. The van der Waals surface area contributed by atoms with Gasteiger partial charge in [0.15, 0.2) is 0 Å². The van der Waals surface area contributed by atoms with Gasteiger partial charge in [0, 0.05) is 12.1 Å². The molecule has 0 bridgehead atoms. The van der Waals surface area contributed by atoms with Crippen LogP contribution in [0.1, 0.15) is 27.6 Å². The van der Waals surface area contributed by atoms with E-state index in [4.69, 9.17) is 0 Å². The summed E-state index contributed by atoms with van der Waals surface area (Å²) in [5.41, 5.74) is 2.54. The van der Waals surface area contributed by atoms with Gasteiger partial charge >= 0.3 is 0 Å². The molecule has 0 radical (unpaired) electrons. The lowest BCUT2D eigenvalue weighted by atomic mass is 10.1. The van der Waals surface area contributed by atoms with Gasteiger partial charge in [-0.1, -0.05) is 48.0 Å². The van der Waals surface area contributed by atoms with Crippen LogP contribution < -0.4 is 5.32 Å². The number of hydrogen-bond donors (Lipinski definition) is 2. The number of hydrogen-bond acceptors (Lipinski definition) is 2. The molecule has 0 spiro atoms. The van der Waals surface area contributed by atoms with Crippen LogP contribution in [-0.4, -0.2) is 17.6 Å². The second-order valence-electron chi connectivity index (χ2n) is 4.50. The topological polar surface area (TPSA) is 49.3 Å². The van der Waals surface area contributed by atoms with Crippen LogP contribution in [-0.2, 0) is 0 Å². The molecule has 0 fully saturated rings. The molecule has 3 heteroatoms. The first-order chi connectivity index (χ1) is 9.16. The highest BCUT2D eigenvalue weighted by atomic mass is 16.3. The SMILES string of the molecule is Cc1ccc(C(O)CNC(=O)c2ccccc2)cc1. The van der Waals surface area contributed by atoms with Gasteiger partial charge in [-0.2, -0.15) is 0 Å². The van der Waals surface area contributed by atoms with Crippen molar-refractivity contribution in [1.82, 2.24) is 5.32 Å². The highest BCUT2D eigenvalue weighted by Gasteiger charge is 2.10. The third-order valence-electron chi connectivity index (χ3n) is 2.95. The van der Waals surface area contributed by atoms with Crippen LogP contribution in [0.3, 0.4) is 0 Å². The number of aliphatic hydroxyl groups is 1. The molecule has 0 aliphatic rings. The molecule has 2 aromatic carbocycles. The van der Waals surface area contributed by atoms with Crippen molar-refractivity contribution in [2.24, 2.45) is 0 Å². The third-order valence-corrected chi connectivity index (χ3v) is 2.95.